The van der Waals surface area contributed by atoms with Gasteiger partial charge in [-0.05, 0) is 69.6 Å². The lowest BCUT2D eigenvalue weighted by atomic mass is 10.1. The van der Waals surface area contributed by atoms with E-state index in [0.29, 0.717) is 17.8 Å². The second kappa shape index (κ2) is 11.4. The van der Waals surface area contributed by atoms with Crippen LogP contribution in [0.15, 0.2) is 59.8 Å². The Labute approximate surface area is 205 Å². The fraction of sp³-hybridized carbons (Fsp3) is 0.385. The molecule has 1 fully saturated rings. The van der Waals surface area contributed by atoms with E-state index in [9.17, 15) is 9.59 Å². The number of carbonyl (C=O) groups excluding carboxylic acids is 2. The minimum Gasteiger partial charge on any atom is -0.325 e. The topological polar surface area (TPSA) is 80.1 Å². The van der Waals surface area contributed by atoms with E-state index in [1.807, 2.05) is 25.1 Å². The number of nitrogens with one attached hydrogen (secondary N) is 1. The van der Waals surface area contributed by atoms with Crippen molar-refractivity contribution in [2.75, 3.05) is 18.4 Å². The van der Waals surface area contributed by atoms with Crippen molar-refractivity contribution in [3.8, 4) is 0 Å². The van der Waals surface area contributed by atoms with Crippen molar-refractivity contribution >= 4 is 29.1 Å². The molecule has 0 saturated carbocycles. The van der Waals surface area contributed by atoms with Gasteiger partial charge in [0.25, 0.3) is 0 Å². The molecule has 34 heavy (non-hydrogen) atoms. The largest absolute Gasteiger partial charge is 0.325 e. The molecule has 0 bridgehead atoms. The summed E-state index contributed by atoms with van der Waals surface area (Å²) in [5, 5.41) is 12.3. The van der Waals surface area contributed by atoms with E-state index < -0.39 is 0 Å². The predicted molar refractivity (Wildman–Crippen MR) is 135 cm³/mol. The Hall–Kier alpha value is -2.97. The highest BCUT2D eigenvalue weighted by molar-refractivity contribution is 8.00. The maximum atomic E-state index is 12.9. The molecule has 0 unspecified atom stereocenters. The van der Waals surface area contributed by atoms with Gasteiger partial charge in [-0.15, -0.1) is 10.2 Å². The molecule has 3 aromatic rings. The number of Topliss-reactive ketones (excluding diaryl/α,β-unsaturated/α-hetero) is 1. The van der Waals surface area contributed by atoms with Gasteiger partial charge in [-0.25, -0.2) is 0 Å². The third-order valence-electron chi connectivity index (χ3n) is 6.00. The van der Waals surface area contributed by atoms with Gasteiger partial charge in [0.15, 0.2) is 10.9 Å². The molecular formula is C26H31N5O2S. The van der Waals surface area contributed by atoms with Crippen molar-refractivity contribution in [2.45, 2.75) is 56.6 Å². The first-order chi connectivity index (χ1) is 16.5. The zero-order valence-electron chi connectivity index (χ0n) is 19.7. The van der Waals surface area contributed by atoms with E-state index in [4.69, 9.17) is 0 Å². The first-order valence-electron chi connectivity index (χ1n) is 11.8. The molecule has 1 N–H and O–H groups in total. The summed E-state index contributed by atoms with van der Waals surface area (Å²) in [5.41, 5.74) is 2.46. The number of carbonyl (C=O) groups is 2. The Kier molecular flexibility index (Phi) is 8.13. The lowest BCUT2D eigenvalue weighted by Crippen LogP contribution is -2.30. The highest BCUT2D eigenvalue weighted by Gasteiger charge is 2.22. The van der Waals surface area contributed by atoms with E-state index in [-0.39, 0.29) is 16.9 Å². The first kappa shape index (κ1) is 24.2. The molecule has 2 aromatic carbocycles. The maximum Gasteiger partial charge on any atom is 0.237 e. The van der Waals surface area contributed by atoms with E-state index in [0.717, 1.165) is 30.6 Å². The Morgan fingerprint density at radius 2 is 1.68 bits per heavy atom. The van der Waals surface area contributed by atoms with Crippen LogP contribution in [-0.2, 0) is 17.9 Å². The van der Waals surface area contributed by atoms with Gasteiger partial charge in [0.1, 0.15) is 5.82 Å². The summed E-state index contributed by atoms with van der Waals surface area (Å²) in [5.74, 6) is 0.813. The van der Waals surface area contributed by atoms with Crippen LogP contribution in [0.2, 0.25) is 0 Å². The van der Waals surface area contributed by atoms with Crippen LogP contribution in [0.5, 0.6) is 0 Å². The number of amides is 1. The number of thioether (sulfide) groups is 1. The lowest BCUT2D eigenvalue weighted by molar-refractivity contribution is -0.115. The molecule has 2 heterocycles. The van der Waals surface area contributed by atoms with Crippen molar-refractivity contribution < 1.29 is 9.59 Å². The summed E-state index contributed by atoms with van der Waals surface area (Å²) < 4.78 is 2.14. The van der Waals surface area contributed by atoms with Gasteiger partial charge < -0.3 is 9.88 Å². The number of rotatable bonds is 9. The van der Waals surface area contributed by atoms with Gasteiger partial charge in [0.05, 0.1) is 18.3 Å². The van der Waals surface area contributed by atoms with Crippen molar-refractivity contribution in [1.29, 1.82) is 0 Å². The number of ketones is 1. The van der Waals surface area contributed by atoms with Crippen molar-refractivity contribution in [2.24, 2.45) is 0 Å². The van der Waals surface area contributed by atoms with Crippen molar-refractivity contribution in [3.63, 3.8) is 0 Å². The molecule has 0 spiro atoms. The second-order valence-electron chi connectivity index (χ2n) is 8.69. The Balaban J connectivity index is 1.47. The Bertz CT molecular complexity index is 1110. The highest BCUT2D eigenvalue weighted by Crippen LogP contribution is 2.25. The number of nitrogens with zero attached hydrogens (tertiary/aromatic N) is 4. The molecule has 1 aliphatic heterocycles. The van der Waals surface area contributed by atoms with Crippen molar-refractivity contribution in [1.82, 2.24) is 19.7 Å². The number of benzene rings is 2. The van der Waals surface area contributed by atoms with Crippen LogP contribution >= 0.6 is 11.8 Å². The Morgan fingerprint density at radius 3 is 2.35 bits per heavy atom. The summed E-state index contributed by atoms with van der Waals surface area (Å²) in [6.45, 7) is 7.00. The van der Waals surface area contributed by atoms with E-state index in [1.165, 1.54) is 43.5 Å². The average molecular weight is 478 g/mol. The molecule has 0 aliphatic carbocycles. The lowest BCUT2D eigenvalue weighted by Gasteiger charge is -2.26. The molecular weight excluding hydrogens is 446 g/mol. The van der Waals surface area contributed by atoms with Gasteiger partial charge in [-0.3, -0.25) is 14.5 Å². The van der Waals surface area contributed by atoms with Crippen LogP contribution in [-0.4, -0.2) is 49.7 Å². The van der Waals surface area contributed by atoms with Gasteiger partial charge in [0, 0.05) is 11.3 Å². The van der Waals surface area contributed by atoms with Crippen molar-refractivity contribution in [3.05, 3.63) is 71.5 Å². The molecule has 1 atom stereocenters. The zero-order chi connectivity index (χ0) is 23.9. The molecule has 4 rings (SSSR count). The quantitative estimate of drug-likeness (QED) is 0.357. The summed E-state index contributed by atoms with van der Waals surface area (Å²) >= 11 is 1.41. The summed E-state index contributed by atoms with van der Waals surface area (Å²) in [6.07, 6.45) is 3.73. The van der Waals surface area contributed by atoms with Gasteiger partial charge in [0.2, 0.25) is 5.91 Å². The van der Waals surface area contributed by atoms with E-state index in [2.05, 4.69) is 37.1 Å². The third kappa shape index (κ3) is 6.33. The smallest absolute Gasteiger partial charge is 0.237 e. The zero-order valence-corrected chi connectivity index (χ0v) is 20.6. The minimum atomic E-state index is -0.367. The summed E-state index contributed by atoms with van der Waals surface area (Å²) in [4.78, 5) is 26.8. The van der Waals surface area contributed by atoms with Crippen LogP contribution in [0.25, 0.3) is 0 Å². The van der Waals surface area contributed by atoms with E-state index in [1.54, 1.807) is 24.3 Å². The van der Waals surface area contributed by atoms with Gasteiger partial charge in [-0.1, -0.05) is 48.5 Å². The fourth-order valence-corrected chi connectivity index (χ4v) is 4.88. The number of hydrogen-bond donors (Lipinski definition) is 1. The highest BCUT2D eigenvalue weighted by atomic mass is 32.2. The molecule has 7 nitrogen and oxygen atoms in total. The van der Waals surface area contributed by atoms with Crippen LogP contribution in [0.1, 0.15) is 54.9 Å². The Morgan fingerprint density at radius 1 is 0.971 bits per heavy atom. The summed E-state index contributed by atoms with van der Waals surface area (Å²) in [7, 11) is 0. The maximum absolute atomic E-state index is 12.9. The van der Waals surface area contributed by atoms with Crippen LogP contribution in [0.3, 0.4) is 0 Å². The number of anilines is 1. The molecule has 1 aliphatic rings. The third-order valence-corrected chi connectivity index (χ3v) is 7.08. The molecule has 0 radical (unpaired) electrons. The molecule has 1 saturated heterocycles. The number of hydrogen-bond acceptors (Lipinski definition) is 6. The molecule has 1 amide bonds. The normalized spacial score (nSPS) is 15.1. The van der Waals surface area contributed by atoms with Crippen LogP contribution < -0.4 is 5.32 Å². The van der Waals surface area contributed by atoms with Crippen LogP contribution in [0, 0.1) is 0 Å². The predicted octanol–water partition coefficient (Wildman–Crippen LogP) is 4.63. The number of aromatic nitrogens is 3. The standard InChI is InChI=1S/C26H31N5O2S/c1-19(32)22-11-13-23(14-12-22)27-25(33)20(2)34-26-29-28-24(18-30-15-7-4-8-16-30)31(26)17-21-9-5-3-6-10-21/h3,5-6,9-14,20H,4,7-8,15-18H2,1-2H3,(H,27,33)/t20-/m0/s1. The fourth-order valence-electron chi connectivity index (χ4n) is 4.01. The van der Waals surface area contributed by atoms with Gasteiger partial charge >= 0.3 is 0 Å². The van der Waals surface area contributed by atoms with Gasteiger partial charge in [-0.2, -0.15) is 0 Å². The summed E-state index contributed by atoms with van der Waals surface area (Å²) in [6, 6.07) is 17.2. The number of likely N-dealkylation sites (tertiary alicyclic amines) is 1. The number of piperidine rings is 1. The monoisotopic (exact) mass is 477 g/mol. The second-order valence-corrected chi connectivity index (χ2v) is 10.00. The first-order valence-corrected chi connectivity index (χ1v) is 12.6. The molecule has 178 valence electrons. The van der Waals surface area contributed by atoms with E-state index >= 15 is 0 Å². The average Bonchev–Trinajstić information content (AvgIpc) is 3.21. The SMILES string of the molecule is CC(=O)c1ccc(NC(=O)[C@H](C)Sc2nnc(CN3CCCCC3)n2Cc2ccccc2)cc1. The van der Waals surface area contributed by atoms with Crippen LogP contribution in [0.4, 0.5) is 5.69 Å². The molecule has 1 aromatic heterocycles. The minimum absolute atomic E-state index is 0.0000833. The molecule has 8 heteroatoms.